The van der Waals surface area contributed by atoms with Crippen LogP contribution < -0.4 is 11.1 Å². The Hall–Kier alpha value is -1.00. The second-order valence-corrected chi connectivity index (χ2v) is 5.11. The molecule has 0 atom stereocenters. The zero-order valence-corrected chi connectivity index (χ0v) is 11.5. The molecule has 0 saturated heterocycles. The monoisotopic (exact) mass is 340 g/mol. The Morgan fingerprint density at radius 1 is 1.00 bits per heavy atom. The lowest BCUT2D eigenvalue weighted by molar-refractivity contribution is 1.51. The maximum absolute atomic E-state index is 5.97. The highest BCUT2D eigenvalue weighted by molar-refractivity contribution is 9.11. The Balaban J connectivity index is 2.35. The van der Waals surface area contributed by atoms with Gasteiger partial charge in [0.05, 0.1) is 11.4 Å². The summed E-state index contributed by atoms with van der Waals surface area (Å²) in [5.74, 6) is 0. The molecule has 0 unspecified atom stereocenters. The lowest BCUT2D eigenvalue weighted by Crippen LogP contribution is -1.97. The fourth-order valence-corrected chi connectivity index (χ4v) is 2.59. The predicted octanol–water partition coefficient (Wildman–Crippen LogP) is 4.54. The molecule has 3 N–H and O–H groups in total. The van der Waals surface area contributed by atoms with Crippen LogP contribution in [0.15, 0.2) is 51.4 Å². The first-order valence-electron chi connectivity index (χ1n) is 4.73. The van der Waals surface area contributed by atoms with Crippen molar-refractivity contribution >= 4 is 48.9 Å². The Bertz CT molecular complexity index is 498. The topological polar surface area (TPSA) is 38.0 Å². The summed E-state index contributed by atoms with van der Waals surface area (Å²) in [6.07, 6.45) is 0. The number of nitrogens with one attached hydrogen (secondary N) is 1. The fourth-order valence-electron chi connectivity index (χ4n) is 1.37. The van der Waals surface area contributed by atoms with E-state index in [1.54, 1.807) is 0 Å². The first kappa shape index (κ1) is 11.5. The lowest BCUT2D eigenvalue weighted by Gasteiger charge is -2.11. The van der Waals surface area contributed by atoms with Crippen molar-refractivity contribution in [3.05, 3.63) is 51.4 Å². The second-order valence-electron chi connectivity index (χ2n) is 3.34. The SMILES string of the molecule is Nc1c(Br)cc(Br)cc1Nc1ccccc1. The second kappa shape index (κ2) is 4.89. The van der Waals surface area contributed by atoms with Crippen molar-refractivity contribution in [2.75, 3.05) is 11.1 Å². The molecule has 82 valence electrons. The van der Waals surface area contributed by atoms with Crippen LogP contribution in [0.4, 0.5) is 17.1 Å². The van der Waals surface area contributed by atoms with Crippen LogP contribution in [0, 0.1) is 0 Å². The van der Waals surface area contributed by atoms with Gasteiger partial charge in [0.15, 0.2) is 0 Å². The Morgan fingerprint density at radius 3 is 2.38 bits per heavy atom. The zero-order chi connectivity index (χ0) is 11.5. The molecule has 0 aliphatic carbocycles. The van der Waals surface area contributed by atoms with Gasteiger partial charge in [0, 0.05) is 14.6 Å². The van der Waals surface area contributed by atoms with Crippen LogP contribution in [0.25, 0.3) is 0 Å². The minimum absolute atomic E-state index is 0.701. The number of anilines is 3. The summed E-state index contributed by atoms with van der Waals surface area (Å²) in [6, 6.07) is 13.8. The first-order valence-corrected chi connectivity index (χ1v) is 6.32. The van der Waals surface area contributed by atoms with Gasteiger partial charge in [-0.2, -0.15) is 0 Å². The van der Waals surface area contributed by atoms with Crippen molar-refractivity contribution in [3.63, 3.8) is 0 Å². The van der Waals surface area contributed by atoms with E-state index in [1.807, 2.05) is 42.5 Å². The molecule has 0 fully saturated rings. The molecule has 2 nitrogen and oxygen atoms in total. The number of hydrogen-bond donors (Lipinski definition) is 2. The molecule has 0 spiro atoms. The predicted molar refractivity (Wildman–Crippen MR) is 76.0 cm³/mol. The van der Waals surface area contributed by atoms with Crippen molar-refractivity contribution in [1.82, 2.24) is 0 Å². The highest BCUT2D eigenvalue weighted by Gasteiger charge is 2.05. The molecule has 2 aromatic rings. The largest absolute Gasteiger partial charge is 0.396 e. The zero-order valence-electron chi connectivity index (χ0n) is 8.37. The molecule has 0 aromatic heterocycles. The van der Waals surface area contributed by atoms with Crippen molar-refractivity contribution in [3.8, 4) is 0 Å². The minimum atomic E-state index is 0.701. The molecular formula is C12H10Br2N2. The highest BCUT2D eigenvalue weighted by atomic mass is 79.9. The number of benzene rings is 2. The van der Waals surface area contributed by atoms with Gasteiger partial charge < -0.3 is 11.1 Å². The average molecular weight is 342 g/mol. The standard InChI is InChI=1S/C12H10Br2N2/c13-8-6-10(14)12(15)11(7-8)16-9-4-2-1-3-5-9/h1-7,16H,15H2. The number of para-hydroxylation sites is 1. The van der Waals surface area contributed by atoms with Crippen LogP contribution in [0.1, 0.15) is 0 Å². The smallest absolute Gasteiger partial charge is 0.0698 e. The van der Waals surface area contributed by atoms with Gasteiger partial charge in [0.2, 0.25) is 0 Å². The van der Waals surface area contributed by atoms with Gasteiger partial charge in [-0.1, -0.05) is 34.1 Å². The van der Waals surface area contributed by atoms with Crippen LogP contribution in [-0.4, -0.2) is 0 Å². The lowest BCUT2D eigenvalue weighted by atomic mass is 10.2. The summed E-state index contributed by atoms with van der Waals surface area (Å²) in [4.78, 5) is 0. The Kier molecular flexibility index (Phi) is 3.51. The van der Waals surface area contributed by atoms with Gasteiger partial charge >= 0.3 is 0 Å². The van der Waals surface area contributed by atoms with Crippen LogP contribution in [-0.2, 0) is 0 Å². The molecule has 0 saturated carbocycles. The number of halogens is 2. The van der Waals surface area contributed by atoms with E-state index in [4.69, 9.17) is 5.73 Å². The van der Waals surface area contributed by atoms with Crippen LogP contribution in [0.5, 0.6) is 0 Å². The van der Waals surface area contributed by atoms with E-state index in [0.29, 0.717) is 5.69 Å². The molecule has 0 aliphatic rings. The first-order chi connectivity index (χ1) is 7.66. The van der Waals surface area contributed by atoms with Crippen LogP contribution in [0.3, 0.4) is 0 Å². The van der Waals surface area contributed by atoms with Crippen LogP contribution in [0.2, 0.25) is 0 Å². The molecule has 0 bridgehead atoms. The number of rotatable bonds is 2. The summed E-state index contributed by atoms with van der Waals surface area (Å²) in [5, 5.41) is 3.27. The fraction of sp³-hybridized carbons (Fsp3) is 0. The third kappa shape index (κ3) is 2.57. The summed E-state index contributed by atoms with van der Waals surface area (Å²) < 4.78 is 1.85. The maximum atomic E-state index is 5.97. The molecular weight excluding hydrogens is 332 g/mol. The van der Waals surface area contributed by atoms with E-state index >= 15 is 0 Å². The molecule has 0 amide bonds. The molecule has 0 heterocycles. The number of hydrogen-bond acceptors (Lipinski definition) is 2. The van der Waals surface area contributed by atoms with E-state index in [-0.39, 0.29) is 0 Å². The van der Waals surface area contributed by atoms with Gasteiger partial charge in [-0.05, 0) is 40.2 Å². The van der Waals surface area contributed by atoms with Gasteiger partial charge in [0.25, 0.3) is 0 Å². The molecule has 16 heavy (non-hydrogen) atoms. The van der Waals surface area contributed by atoms with Gasteiger partial charge in [-0.3, -0.25) is 0 Å². The average Bonchev–Trinajstić information content (AvgIpc) is 2.27. The third-order valence-electron chi connectivity index (χ3n) is 2.15. The Morgan fingerprint density at radius 2 is 1.69 bits per heavy atom. The number of nitrogens with two attached hydrogens (primary N) is 1. The quantitative estimate of drug-likeness (QED) is 0.787. The summed E-state index contributed by atoms with van der Waals surface area (Å²) in [7, 11) is 0. The highest BCUT2D eigenvalue weighted by Crippen LogP contribution is 2.33. The van der Waals surface area contributed by atoms with Gasteiger partial charge in [0.1, 0.15) is 0 Å². The molecule has 2 aromatic carbocycles. The normalized spacial score (nSPS) is 10.1. The minimum Gasteiger partial charge on any atom is -0.396 e. The van der Waals surface area contributed by atoms with Crippen molar-refractivity contribution in [2.45, 2.75) is 0 Å². The van der Waals surface area contributed by atoms with E-state index < -0.39 is 0 Å². The van der Waals surface area contributed by atoms with E-state index in [2.05, 4.69) is 37.2 Å². The van der Waals surface area contributed by atoms with E-state index in [1.165, 1.54) is 0 Å². The van der Waals surface area contributed by atoms with Crippen molar-refractivity contribution < 1.29 is 0 Å². The molecule has 4 heteroatoms. The van der Waals surface area contributed by atoms with Gasteiger partial charge in [-0.25, -0.2) is 0 Å². The molecule has 0 radical (unpaired) electrons. The summed E-state index contributed by atoms with van der Waals surface area (Å²) in [6.45, 7) is 0. The van der Waals surface area contributed by atoms with Crippen molar-refractivity contribution in [2.24, 2.45) is 0 Å². The van der Waals surface area contributed by atoms with Gasteiger partial charge in [-0.15, -0.1) is 0 Å². The molecule has 0 aliphatic heterocycles. The van der Waals surface area contributed by atoms with E-state index in [0.717, 1.165) is 20.3 Å². The summed E-state index contributed by atoms with van der Waals surface area (Å²) in [5.41, 5.74) is 8.57. The summed E-state index contributed by atoms with van der Waals surface area (Å²) >= 11 is 6.85. The molecule has 2 rings (SSSR count). The Labute approximate surface area is 111 Å². The van der Waals surface area contributed by atoms with Crippen molar-refractivity contribution in [1.29, 1.82) is 0 Å². The van der Waals surface area contributed by atoms with E-state index in [9.17, 15) is 0 Å². The maximum Gasteiger partial charge on any atom is 0.0698 e. The number of nitrogen functional groups attached to an aromatic ring is 1. The third-order valence-corrected chi connectivity index (χ3v) is 3.26. The van der Waals surface area contributed by atoms with Crippen LogP contribution >= 0.6 is 31.9 Å².